The molecule has 38 heavy (non-hydrogen) atoms. The molecule has 1 saturated carbocycles. The van der Waals surface area contributed by atoms with Gasteiger partial charge in [-0.3, -0.25) is 14.9 Å². The number of nitrogens with zero attached hydrogens (tertiary/aromatic N) is 2. The van der Waals surface area contributed by atoms with Crippen molar-refractivity contribution in [3.8, 4) is 0 Å². The summed E-state index contributed by atoms with van der Waals surface area (Å²) in [5, 5.41) is 24.7. The maximum atomic E-state index is 13.7. The van der Waals surface area contributed by atoms with Crippen LogP contribution < -0.4 is 5.32 Å². The number of likely N-dealkylation sites (tertiary alicyclic amines) is 1. The maximum absolute atomic E-state index is 13.7. The van der Waals surface area contributed by atoms with Gasteiger partial charge in [0.25, 0.3) is 5.91 Å². The summed E-state index contributed by atoms with van der Waals surface area (Å²) in [6.45, 7) is 7.73. The van der Waals surface area contributed by atoms with Crippen molar-refractivity contribution in [1.29, 1.82) is 0 Å². The van der Waals surface area contributed by atoms with E-state index in [1.807, 2.05) is 11.8 Å². The Balaban J connectivity index is 1.48. The Morgan fingerprint density at radius 2 is 1.97 bits per heavy atom. The van der Waals surface area contributed by atoms with E-state index in [9.17, 15) is 24.2 Å². The van der Waals surface area contributed by atoms with Crippen molar-refractivity contribution in [2.75, 3.05) is 25.0 Å². The molecule has 3 N–H and O–H groups in total. The van der Waals surface area contributed by atoms with Gasteiger partial charge in [0, 0.05) is 41.3 Å². The molecule has 1 aromatic heterocycles. The predicted octanol–water partition coefficient (Wildman–Crippen LogP) is 4.60. The lowest BCUT2D eigenvalue weighted by Crippen LogP contribution is -2.57. The van der Waals surface area contributed by atoms with Crippen molar-refractivity contribution < 1.29 is 24.2 Å². The third kappa shape index (κ3) is 4.77. The van der Waals surface area contributed by atoms with Gasteiger partial charge in [0.05, 0.1) is 18.4 Å². The lowest BCUT2D eigenvalue weighted by Gasteiger charge is -2.58. The highest BCUT2D eigenvalue weighted by Gasteiger charge is 2.59. The molecule has 1 aromatic carbocycles. The van der Waals surface area contributed by atoms with Crippen molar-refractivity contribution in [1.82, 2.24) is 9.88 Å². The lowest BCUT2D eigenvalue weighted by atomic mass is 9.47. The highest BCUT2D eigenvalue weighted by atomic mass is 32.1. The Hall–Kier alpha value is -2.36. The van der Waals surface area contributed by atoms with Gasteiger partial charge in [-0.1, -0.05) is 26.8 Å². The molecule has 5 atom stereocenters. The number of anilines is 1. The number of carbonyl (C=O) groups is 2. The number of rotatable bonds is 5. The summed E-state index contributed by atoms with van der Waals surface area (Å²) in [5.74, 6) is -0.439. The Bertz CT molecular complexity index is 1210. The first-order chi connectivity index (χ1) is 18.0. The number of hydrogen-bond acceptors (Lipinski definition) is 6. The van der Waals surface area contributed by atoms with Gasteiger partial charge >= 0.3 is 0 Å². The molecule has 2 heterocycles. The van der Waals surface area contributed by atoms with Crippen LogP contribution in [-0.4, -0.2) is 57.7 Å². The van der Waals surface area contributed by atoms with Crippen molar-refractivity contribution in [3.05, 3.63) is 46.2 Å². The lowest BCUT2D eigenvalue weighted by molar-refractivity contribution is -0.147. The van der Waals surface area contributed by atoms with Crippen LogP contribution >= 0.6 is 11.3 Å². The minimum Gasteiger partial charge on any atom is -0.396 e. The number of hydrogen-bond donors (Lipinski definition) is 3. The van der Waals surface area contributed by atoms with Crippen LogP contribution in [0.2, 0.25) is 0 Å². The van der Waals surface area contributed by atoms with Crippen LogP contribution in [0.15, 0.2) is 24.3 Å². The number of halogens is 1. The summed E-state index contributed by atoms with van der Waals surface area (Å²) in [5.41, 5.74) is -0.0125. The molecule has 1 aliphatic heterocycles. The monoisotopic (exact) mass is 543 g/mol. The van der Waals surface area contributed by atoms with Gasteiger partial charge in [0.2, 0.25) is 5.91 Å². The maximum Gasteiger partial charge on any atom is 0.257 e. The average molecular weight is 544 g/mol. The molecule has 3 aliphatic rings. The Kier molecular flexibility index (Phi) is 7.39. The van der Waals surface area contributed by atoms with Gasteiger partial charge in [0.1, 0.15) is 5.82 Å². The second-order valence-corrected chi connectivity index (χ2v) is 13.2. The fraction of sp³-hybridized carbons (Fsp3) is 0.621. The first kappa shape index (κ1) is 27.2. The van der Waals surface area contributed by atoms with Gasteiger partial charge in [-0.05, 0) is 67.6 Å². The predicted molar refractivity (Wildman–Crippen MR) is 145 cm³/mol. The van der Waals surface area contributed by atoms with Gasteiger partial charge in [-0.2, -0.15) is 0 Å². The zero-order valence-corrected chi connectivity index (χ0v) is 23.2. The van der Waals surface area contributed by atoms with E-state index in [4.69, 9.17) is 4.98 Å². The van der Waals surface area contributed by atoms with Crippen LogP contribution in [0, 0.1) is 28.5 Å². The normalized spacial score (nSPS) is 31.4. The van der Waals surface area contributed by atoms with Crippen LogP contribution in [0.25, 0.3) is 0 Å². The van der Waals surface area contributed by atoms with Crippen LogP contribution in [0.1, 0.15) is 79.7 Å². The first-order valence-corrected chi connectivity index (χ1v) is 14.5. The molecule has 0 spiro atoms. The number of benzene rings is 1. The molecule has 0 bridgehead atoms. The average Bonchev–Trinajstić information content (AvgIpc) is 3.30. The molecule has 0 radical (unpaired) electrons. The highest BCUT2D eigenvalue weighted by Crippen LogP contribution is 2.63. The smallest absolute Gasteiger partial charge is 0.257 e. The minimum atomic E-state index is -0.707. The number of thiazole rings is 1. The van der Waals surface area contributed by atoms with Gasteiger partial charge in [-0.25, -0.2) is 9.37 Å². The fourth-order valence-corrected chi connectivity index (χ4v) is 8.12. The van der Waals surface area contributed by atoms with Crippen molar-refractivity contribution >= 4 is 28.3 Å². The minimum absolute atomic E-state index is 0.0531. The Labute approximate surface area is 227 Å². The molecule has 7 nitrogen and oxygen atoms in total. The van der Waals surface area contributed by atoms with E-state index < -0.39 is 23.2 Å². The molecule has 2 aromatic rings. The van der Waals surface area contributed by atoms with E-state index in [2.05, 4.69) is 19.2 Å². The summed E-state index contributed by atoms with van der Waals surface area (Å²) in [4.78, 5) is 34.2. The van der Waals surface area contributed by atoms with Crippen molar-refractivity contribution in [2.45, 2.75) is 71.3 Å². The number of aliphatic hydroxyl groups excluding tert-OH is 2. The van der Waals surface area contributed by atoms with E-state index in [0.29, 0.717) is 30.3 Å². The molecule has 206 valence electrons. The van der Waals surface area contributed by atoms with Crippen LogP contribution in [-0.2, 0) is 11.2 Å². The number of carbonyl (C=O) groups excluding carboxylic acids is 2. The second-order valence-electron chi connectivity index (χ2n) is 12.1. The molecule has 0 unspecified atom stereocenters. The molecule has 9 heteroatoms. The SMILES string of the molecule is CC1CCN(C(=O)C[C@@H]2c3nc(NC(=O)c4cccc(F)c4)sc3C[C@@H]3[C@](C)(CO)[C@H](O)CC[C@]32C)CC1. The van der Waals surface area contributed by atoms with Crippen LogP contribution in [0.5, 0.6) is 0 Å². The van der Waals surface area contributed by atoms with Crippen molar-refractivity contribution in [3.63, 3.8) is 0 Å². The highest BCUT2D eigenvalue weighted by molar-refractivity contribution is 7.15. The quantitative estimate of drug-likeness (QED) is 0.512. The second kappa shape index (κ2) is 10.3. The van der Waals surface area contributed by atoms with Crippen LogP contribution in [0.4, 0.5) is 9.52 Å². The molecule has 2 amide bonds. The van der Waals surface area contributed by atoms with Gasteiger partial charge in [-0.15, -0.1) is 11.3 Å². The zero-order chi connectivity index (χ0) is 27.2. The Morgan fingerprint density at radius 1 is 1.24 bits per heavy atom. The zero-order valence-electron chi connectivity index (χ0n) is 22.4. The molecular weight excluding hydrogens is 505 g/mol. The summed E-state index contributed by atoms with van der Waals surface area (Å²) in [6, 6.07) is 5.52. The third-order valence-corrected chi connectivity index (χ3v) is 10.7. The number of amides is 2. The van der Waals surface area contributed by atoms with E-state index in [1.54, 1.807) is 6.07 Å². The summed E-state index contributed by atoms with van der Waals surface area (Å²) >= 11 is 1.37. The fourth-order valence-electron chi connectivity index (χ4n) is 7.06. The summed E-state index contributed by atoms with van der Waals surface area (Å²) in [7, 11) is 0. The molecular formula is C29H38FN3O4S. The summed E-state index contributed by atoms with van der Waals surface area (Å²) < 4.78 is 13.7. The molecule has 2 aliphatic carbocycles. The standard InChI is InChI=1S/C29H38FN3O4S/c1-17-8-11-33(12-9-17)24(36)14-20-25-21(15-22-28(20,2)10-7-23(35)29(22,3)16-34)38-27(31-25)32-26(37)18-5-4-6-19(30)13-18/h4-6,13,17,20,22-23,34-35H,7-12,14-16H2,1-3H3,(H,31,32,37)/t20-,22+,23-,28+,29+/m1/s1. The third-order valence-electron chi connectivity index (χ3n) is 9.72. The largest absolute Gasteiger partial charge is 0.396 e. The van der Waals surface area contributed by atoms with Gasteiger partial charge < -0.3 is 15.1 Å². The van der Waals surface area contributed by atoms with E-state index in [1.165, 1.54) is 29.5 Å². The number of aliphatic hydroxyl groups is 2. The number of aromatic nitrogens is 1. The van der Waals surface area contributed by atoms with Gasteiger partial charge in [0.15, 0.2) is 5.13 Å². The Morgan fingerprint density at radius 3 is 2.66 bits per heavy atom. The topological polar surface area (TPSA) is 103 Å². The first-order valence-electron chi connectivity index (χ1n) is 13.7. The number of fused-ring (bicyclic) bond motifs is 2. The van der Waals surface area contributed by atoms with Crippen molar-refractivity contribution in [2.24, 2.45) is 22.7 Å². The van der Waals surface area contributed by atoms with E-state index in [-0.39, 0.29) is 35.3 Å². The number of piperidine rings is 1. The summed E-state index contributed by atoms with van der Waals surface area (Å²) in [6.07, 6.45) is 3.58. The van der Waals surface area contributed by atoms with Crippen LogP contribution in [0.3, 0.4) is 0 Å². The van der Waals surface area contributed by atoms with E-state index >= 15 is 0 Å². The molecule has 5 rings (SSSR count). The molecule has 2 fully saturated rings. The number of nitrogens with one attached hydrogen (secondary N) is 1. The molecule has 1 saturated heterocycles. The van der Waals surface area contributed by atoms with E-state index in [0.717, 1.165) is 42.9 Å².